The van der Waals surface area contributed by atoms with E-state index >= 15 is 0 Å². The summed E-state index contributed by atoms with van der Waals surface area (Å²) in [6.45, 7) is 5.55. The summed E-state index contributed by atoms with van der Waals surface area (Å²) in [5.41, 5.74) is 0.0690. The van der Waals surface area contributed by atoms with Gasteiger partial charge in [-0.05, 0) is 25.3 Å². The molecule has 0 aliphatic carbocycles. The lowest BCUT2D eigenvalue weighted by Gasteiger charge is -2.25. The Morgan fingerprint density at radius 3 is 2.52 bits per heavy atom. The molecule has 0 spiro atoms. The molecule has 3 N–H and O–H groups in total. The Morgan fingerprint density at radius 1 is 1.38 bits per heavy atom. The highest BCUT2D eigenvalue weighted by atomic mass is 16.6. The number of aliphatic hydroxyl groups is 1. The van der Waals surface area contributed by atoms with E-state index in [1.165, 1.54) is 12.1 Å². The molecule has 0 saturated heterocycles. The van der Waals surface area contributed by atoms with E-state index in [1.807, 2.05) is 13.8 Å². The summed E-state index contributed by atoms with van der Waals surface area (Å²) in [6, 6.07) is 3.76. The number of nitrogens with one attached hydrogen (secondary N) is 2. The fourth-order valence-electron chi connectivity index (χ4n) is 1.77. The minimum Gasteiger partial charge on any atom is -0.388 e. The maximum absolute atomic E-state index is 11.8. The Kier molecular flexibility index (Phi) is 5.66. The van der Waals surface area contributed by atoms with Gasteiger partial charge in [0.2, 0.25) is 0 Å². The number of urea groups is 1. The molecular formula is C14H21N3O4. The third-order valence-corrected chi connectivity index (χ3v) is 3.57. The van der Waals surface area contributed by atoms with Crippen molar-refractivity contribution in [3.63, 3.8) is 0 Å². The van der Waals surface area contributed by atoms with Crippen LogP contribution in [-0.4, -0.2) is 28.2 Å². The van der Waals surface area contributed by atoms with Crippen LogP contribution in [0, 0.1) is 17.0 Å². The van der Waals surface area contributed by atoms with Crippen LogP contribution in [0.5, 0.6) is 0 Å². The molecule has 0 heterocycles. The van der Waals surface area contributed by atoms with Crippen LogP contribution in [0.4, 0.5) is 16.2 Å². The smallest absolute Gasteiger partial charge is 0.319 e. The van der Waals surface area contributed by atoms with Crippen LogP contribution in [0.1, 0.15) is 32.3 Å². The average molecular weight is 295 g/mol. The number of carbonyl (C=O) groups is 1. The maximum Gasteiger partial charge on any atom is 0.319 e. The van der Waals surface area contributed by atoms with Gasteiger partial charge in [-0.3, -0.25) is 10.1 Å². The number of aryl methyl sites for hydroxylation is 1. The number of nitrogens with zero attached hydrogens (tertiary/aromatic N) is 1. The molecule has 116 valence electrons. The van der Waals surface area contributed by atoms with Gasteiger partial charge in [0.1, 0.15) is 0 Å². The van der Waals surface area contributed by atoms with Crippen LogP contribution in [0.3, 0.4) is 0 Å². The van der Waals surface area contributed by atoms with Crippen molar-refractivity contribution in [1.82, 2.24) is 5.32 Å². The number of benzene rings is 1. The summed E-state index contributed by atoms with van der Waals surface area (Å²) in [5.74, 6) is 0. The van der Waals surface area contributed by atoms with Gasteiger partial charge in [0, 0.05) is 18.7 Å². The van der Waals surface area contributed by atoms with Crippen molar-refractivity contribution >= 4 is 17.4 Å². The highest BCUT2D eigenvalue weighted by molar-refractivity contribution is 5.90. The molecule has 21 heavy (non-hydrogen) atoms. The molecule has 0 aliphatic rings. The summed E-state index contributed by atoms with van der Waals surface area (Å²) in [6.07, 6.45) is 1.05. The second-order valence-corrected chi connectivity index (χ2v) is 5.00. The summed E-state index contributed by atoms with van der Waals surface area (Å²) >= 11 is 0. The molecule has 0 saturated carbocycles. The molecule has 1 aromatic carbocycles. The second-order valence-electron chi connectivity index (χ2n) is 5.00. The number of rotatable bonds is 6. The molecule has 1 aromatic rings. The van der Waals surface area contributed by atoms with E-state index in [1.54, 1.807) is 13.0 Å². The van der Waals surface area contributed by atoms with Crippen molar-refractivity contribution in [1.29, 1.82) is 0 Å². The molecule has 7 heteroatoms. The van der Waals surface area contributed by atoms with E-state index in [0.717, 1.165) is 5.56 Å². The van der Waals surface area contributed by atoms with Gasteiger partial charge in [-0.2, -0.15) is 0 Å². The molecule has 7 nitrogen and oxygen atoms in total. The molecule has 0 aliphatic heterocycles. The second kappa shape index (κ2) is 7.03. The minimum absolute atomic E-state index is 0.0884. The molecular weight excluding hydrogens is 274 g/mol. The quantitative estimate of drug-likeness (QED) is 0.554. The number of anilines is 1. The molecule has 0 atom stereocenters. The van der Waals surface area contributed by atoms with Gasteiger partial charge >= 0.3 is 6.03 Å². The van der Waals surface area contributed by atoms with Crippen LogP contribution in [-0.2, 0) is 0 Å². The zero-order chi connectivity index (χ0) is 16.0. The highest BCUT2D eigenvalue weighted by Gasteiger charge is 2.22. The van der Waals surface area contributed by atoms with E-state index in [4.69, 9.17) is 0 Å². The number of amides is 2. The van der Waals surface area contributed by atoms with Crippen molar-refractivity contribution in [2.75, 3.05) is 11.9 Å². The van der Waals surface area contributed by atoms with E-state index in [9.17, 15) is 20.0 Å². The molecule has 0 aromatic heterocycles. The van der Waals surface area contributed by atoms with Crippen molar-refractivity contribution in [3.05, 3.63) is 33.9 Å². The molecule has 0 bridgehead atoms. The van der Waals surface area contributed by atoms with Gasteiger partial charge < -0.3 is 15.7 Å². The molecule has 0 radical (unpaired) electrons. The predicted molar refractivity (Wildman–Crippen MR) is 80.4 cm³/mol. The van der Waals surface area contributed by atoms with E-state index in [0.29, 0.717) is 18.5 Å². The first kappa shape index (κ1) is 16.9. The van der Waals surface area contributed by atoms with E-state index in [2.05, 4.69) is 10.6 Å². The molecule has 1 rings (SSSR count). The van der Waals surface area contributed by atoms with Crippen molar-refractivity contribution in [3.8, 4) is 0 Å². The van der Waals surface area contributed by atoms with Crippen LogP contribution in [0.15, 0.2) is 18.2 Å². The summed E-state index contributed by atoms with van der Waals surface area (Å²) in [5, 5.41) is 26.0. The molecule has 0 fully saturated rings. The lowest BCUT2D eigenvalue weighted by Crippen LogP contribution is -2.43. The normalized spacial score (nSPS) is 11.0. The standard InChI is InChI=1S/C14H21N3O4/c1-4-14(19,5-2)9-15-13(18)16-12-8-11(17(20)21)7-6-10(12)3/h6-8,19H,4-5,9H2,1-3H3,(H2,15,16,18). The van der Waals surface area contributed by atoms with Crippen molar-refractivity contribution in [2.45, 2.75) is 39.2 Å². The molecule has 2 amide bonds. The number of non-ortho nitro benzene ring substituents is 1. The van der Waals surface area contributed by atoms with Crippen molar-refractivity contribution < 1.29 is 14.8 Å². The maximum atomic E-state index is 11.8. The Bertz CT molecular complexity index is 527. The number of carbonyl (C=O) groups excluding carboxylic acids is 1. The molecule has 0 unspecified atom stereocenters. The first-order valence-electron chi connectivity index (χ1n) is 6.83. The fraction of sp³-hybridized carbons (Fsp3) is 0.500. The SMILES string of the molecule is CCC(O)(CC)CNC(=O)Nc1cc([N+](=O)[O-])ccc1C. The summed E-state index contributed by atoms with van der Waals surface area (Å²) in [4.78, 5) is 22.0. The van der Waals surface area contributed by atoms with Crippen LogP contribution in [0.25, 0.3) is 0 Å². The topological polar surface area (TPSA) is 104 Å². The van der Waals surface area contributed by atoms with Crippen molar-refractivity contribution in [2.24, 2.45) is 0 Å². The first-order chi connectivity index (χ1) is 9.81. The van der Waals surface area contributed by atoms with Gasteiger partial charge in [-0.25, -0.2) is 4.79 Å². The lowest BCUT2D eigenvalue weighted by molar-refractivity contribution is -0.384. The number of hydrogen-bond donors (Lipinski definition) is 3. The number of nitro groups is 1. The Labute approximate surface area is 123 Å². The zero-order valence-electron chi connectivity index (χ0n) is 12.5. The fourth-order valence-corrected chi connectivity index (χ4v) is 1.77. The largest absolute Gasteiger partial charge is 0.388 e. The predicted octanol–water partition coefficient (Wildman–Crippen LogP) is 2.58. The average Bonchev–Trinajstić information content (AvgIpc) is 2.47. The lowest BCUT2D eigenvalue weighted by atomic mass is 9.98. The highest BCUT2D eigenvalue weighted by Crippen LogP contribution is 2.21. The number of nitro benzene ring substituents is 1. The summed E-state index contributed by atoms with van der Waals surface area (Å²) in [7, 11) is 0. The third-order valence-electron chi connectivity index (χ3n) is 3.57. The summed E-state index contributed by atoms with van der Waals surface area (Å²) < 4.78 is 0. The van der Waals surface area contributed by atoms with Gasteiger partial charge in [-0.1, -0.05) is 19.9 Å². The van der Waals surface area contributed by atoms with Crippen LogP contribution < -0.4 is 10.6 Å². The van der Waals surface area contributed by atoms with Gasteiger partial charge in [0.05, 0.1) is 16.2 Å². The third kappa shape index (κ3) is 4.71. The Balaban J connectivity index is 2.71. The minimum atomic E-state index is -0.935. The first-order valence-corrected chi connectivity index (χ1v) is 6.83. The van der Waals surface area contributed by atoms with E-state index in [-0.39, 0.29) is 12.2 Å². The Hall–Kier alpha value is -2.15. The van der Waals surface area contributed by atoms with Gasteiger partial charge in [0.25, 0.3) is 5.69 Å². The van der Waals surface area contributed by atoms with Crippen LogP contribution >= 0.6 is 0 Å². The Morgan fingerprint density at radius 2 is 2.00 bits per heavy atom. The van der Waals surface area contributed by atoms with E-state index < -0.39 is 16.6 Å². The van der Waals surface area contributed by atoms with Gasteiger partial charge in [0.15, 0.2) is 0 Å². The van der Waals surface area contributed by atoms with Crippen LogP contribution in [0.2, 0.25) is 0 Å². The monoisotopic (exact) mass is 295 g/mol. The van der Waals surface area contributed by atoms with Gasteiger partial charge in [-0.15, -0.1) is 0 Å². The number of hydrogen-bond acceptors (Lipinski definition) is 4. The zero-order valence-corrected chi connectivity index (χ0v) is 12.5.